The number of amides is 1. The fraction of sp³-hybridized carbons (Fsp3) is 0.148. The standard InChI is InChI=1S/C27H23BrN2O5/c1-3-34-24-14-20(23(28)15-25(24)35-16-18-7-5-4-6-8-18)13-22-17(2)29-30(26(22)31)21-11-9-19(10-12-21)27(32)33/h4-15H,3,16H2,1-2H3,(H,32,33)/b22-13+. The van der Waals surface area contributed by atoms with Gasteiger partial charge in [0.05, 0.1) is 29.1 Å². The molecule has 0 fully saturated rings. The van der Waals surface area contributed by atoms with Gasteiger partial charge in [0.25, 0.3) is 5.91 Å². The summed E-state index contributed by atoms with van der Waals surface area (Å²) in [5.74, 6) is -0.178. The van der Waals surface area contributed by atoms with Gasteiger partial charge in [0.1, 0.15) is 6.61 Å². The first-order valence-corrected chi connectivity index (χ1v) is 11.7. The predicted molar refractivity (Wildman–Crippen MR) is 138 cm³/mol. The van der Waals surface area contributed by atoms with Crippen molar-refractivity contribution < 1.29 is 24.2 Å². The van der Waals surface area contributed by atoms with Crippen LogP contribution in [-0.4, -0.2) is 29.3 Å². The Balaban J connectivity index is 1.60. The highest BCUT2D eigenvalue weighted by atomic mass is 79.9. The second-order valence-electron chi connectivity index (χ2n) is 7.74. The zero-order valence-corrected chi connectivity index (χ0v) is 20.8. The Hall–Kier alpha value is -3.91. The summed E-state index contributed by atoms with van der Waals surface area (Å²) in [4.78, 5) is 24.3. The van der Waals surface area contributed by atoms with Crippen molar-refractivity contribution in [3.63, 3.8) is 0 Å². The molecule has 0 atom stereocenters. The average Bonchev–Trinajstić information content (AvgIpc) is 3.14. The Morgan fingerprint density at radius 1 is 1.06 bits per heavy atom. The summed E-state index contributed by atoms with van der Waals surface area (Å²) >= 11 is 3.59. The molecule has 7 nitrogen and oxygen atoms in total. The number of halogens is 1. The van der Waals surface area contributed by atoms with Crippen molar-refractivity contribution in [3.8, 4) is 11.5 Å². The normalized spacial score (nSPS) is 14.3. The van der Waals surface area contributed by atoms with E-state index in [-0.39, 0.29) is 11.5 Å². The summed E-state index contributed by atoms with van der Waals surface area (Å²) in [7, 11) is 0. The Kier molecular flexibility index (Phi) is 7.31. The first-order valence-electron chi connectivity index (χ1n) is 11.0. The van der Waals surface area contributed by atoms with E-state index in [9.17, 15) is 9.59 Å². The van der Waals surface area contributed by atoms with Crippen LogP contribution in [0.4, 0.5) is 5.69 Å². The molecule has 1 N–H and O–H groups in total. The number of hydrogen-bond donors (Lipinski definition) is 1. The van der Waals surface area contributed by atoms with Gasteiger partial charge in [-0.2, -0.15) is 10.1 Å². The van der Waals surface area contributed by atoms with Gasteiger partial charge in [-0.3, -0.25) is 4.79 Å². The number of ether oxygens (including phenoxy) is 2. The maximum Gasteiger partial charge on any atom is 0.335 e. The molecule has 8 heteroatoms. The smallest absolute Gasteiger partial charge is 0.335 e. The van der Waals surface area contributed by atoms with Crippen molar-refractivity contribution in [2.75, 3.05) is 11.6 Å². The number of aromatic carboxylic acids is 1. The lowest BCUT2D eigenvalue weighted by Gasteiger charge is -2.15. The van der Waals surface area contributed by atoms with E-state index in [1.54, 1.807) is 25.1 Å². The highest BCUT2D eigenvalue weighted by Crippen LogP contribution is 2.36. The number of carbonyl (C=O) groups is 2. The van der Waals surface area contributed by atoms with Crippen LogP contribution in [0.15, 0.2) is 81.9 Å². The van der Waals surface area contributed by atoms with E-state index >= 15 is 0 Å². The molecule has 1 aliphatic heterocycles. The second kappa shape index (κ2) is 10.6. The van der Waals surface area contributed by atoms with Gasteiger partial charge in [0.2, 0.25) is 0 Å². The number of carboxylic acids is 1. The zero-order valence-electron chi connectivity index (χ0n) is 19.2. The highest BCUT2D eigenvalue weighted by molar-refractivity contribution is 9.10. The SMILES string of the molecule is CCOc1cc(/C=C2/C(=O)N(c3ccc(C(=O)O)cc3)N=C2C)c(Br)cc1OCc1ccccc1. The van der Waals surface area contributed by atoms with E-state index in [1.807, 2.05) is 49.4 Å². The zero-order chi connectivity index (χ0) is 24.9. The Bertz CT molecular complexity index is 1320. The summed E-state index contributed by atoms with van der Waals surface area (Å²) < 4.78 is 12.6. The van der Waals surface area contributed by atoms with Crippen LogP contribution >= 0.6 is 15.9 Å². The fourth-order valence-electron chi connectivity index (χ4n) is 3.54. The molecule has 3 aromatic carbocycles. The number of benzene rings is 3. The number of anilines is 1. The lowest BCUT2D eigenvalue weighted by Crippen LogP contribution is -2.21. The fourth-order valence-corrected chi connectivity index (χ4v) is 3.97. The van der Waals surface area contributed by atoms with Gasteiger partial charge < -0.3 is 14.6 Å². The van der Waals surface area contributed by atoms with Gasteiger partial charge in [-0.25, -0.2) is 4.79 Å². The molecule has 0 spiro atoms. The largest absolute Gasteiger partial charge is 0.490 e. The molecular weight excluding hydrogens is 512 g/mol. The van der Waals surface area contributed by atoms with Gasteiger partial charge in [-0.1, -0.05) is 46.3 Å². The van der Waals surface area contributed by atoms with E-state index in [4.69, 9.17) is 14.6 Å². The van der Waals surface area contributed by atoms with Crippen molar-refractivity contribution in [2.24, 2.45) is 5.10 Å². The number of carboxylic acid groups (broad SMARTS) is 1. The molecular formula is C27H23BrN2O5. The number of rotatable bonds is 8. The van der Waals surface area contributed by atoms with Gasteiger partial charge in [0, 0.05) is 4.47 Å². The summed E-state index contributed by atoms with van der Waals surface area (Å²) in [6.07, 6.45) is 1.75. The average molecular weight is 535 g/mol. The minimum atomic E-state index is -1.03. The number of hydrogen-bond acceptors (Lipinski definition) is 5. The molecule has 0 aliphatic carbocycles. The molecule has 4 rings (SSSR count). The van der Waals surface area contributed by atoms with Crippen LogP contribution in [0.25, 0.3) is 6.08 Å². The third kappa shape index (κ3) is 5.44. The molecule has 3 aromatic rings. The number of hydrazone groups is 1. The predicted octanol–water partition coefficient (Wildman–Crippen LogP) is 5.93. The van der Waals surface area contributed by atoms with E-state index in [1.165, 1.54) is 17.1 Å². The van der Waals surface area contributed by atoms with Crippen LogP contribution in [0, 0.1) is 0 Å². The third-order valence-electron chi connectivity index (χ3n) is 5.32. The van der Waals surface area contributed by atoms with Crippen molar-refractivity contribution >= 4 is 45.3 Å². The van der Waals surface area contributed by atoms with Gasteiger partial charge >= 0.3 is 5.97 Å². The van der Waals surface area contributed by atoms with Crippen molar-refractivity contribution in [1.82, 2.24) is 0 Å². The van der Waals surface area contributed by atoms with Gasteiger partial charge in [0.15, 0.2) is 11.5 Å². The molecule has 0 saturated carbocycles. The Morgan fingerprint density at radius 3 is 2.40 bits per heavy atom. The molecule has 0 unspecified atom stereocenters. The molecule has 0 aromatic heterocycles. The second-order valence-corrected chi connectivity index (χ2v) is 8.59. The van der Waals surface area contributed by atoms with Gasteiger partial charge in [-0.15, -0.1) is 0 Å². The van der Waals surface area contributed by atoms with Crippen molar-refractivity contribution in [2.45, 2.75) is 20.5 Å². The number of carbonyl (C=O) groups excluding carboxylic acids is 1. The third-order valence-corrected chi connectivity index (χ3v) is 6.01. The lowest BCUT2D eigenvalue weighted by atomic mass is 10.1. The molecule has 0 radical (unpaired) electrons. The summed E-state index contributed by atoms with van der Waals surface area (Å²) in [5.41, 5.74) is 3.37. The van der Waals surface area contributed by atoms with Crippen LogP contribution in [-0.2, 0) is 11.4 Å². The van der Waals surface area contributed by atoms with E-state index in [0.29, 0.717) is 41.7 Å². The molecule has 1 heterocycles. The summed E-state index contributed by atoms with van der Waals surface area (Å²) in [5, 5.41) is 14.7. The molecule has 35 heavy (non-hydrogen) atoms. The van der Waals surface area contributed by atoms with Gasteiger partial charge in [-0.05, 0) is 67.4 Å². The lowest BCUT2D eigenvalue weighted by molar-refractivity contribution is -0.114. The summed E-state index contributed by atoms with van der Waals surface area (Å²) in [6, 6.07) is 19.5. The molecule has 0 saturated heterocycles. The maximum atomic E-state index is 13.1. The highest BCUT2D eigenvalue weighted by Gasteiger charge is 2.29. The van der Waals surface area contributed by atoms with Crippen molar-refractivity contribution in [3.05, 3.63) is 93.5 Å². The van der Waals surface area contributed by atoms with E-state index in [0.717, 1.165) is 15.6 Å². The van der Waals surface area contributed by atoms with Crippen LogP contribution in [0.2, 0.25) is 0 Å². The van der Waals surface area contributed by atoms with E-state index < -0.39 is 5.97 Å². The quantitative estimate of drug-likeness (QED) is 0.361. The first-order chi connectivity index (χ1) is 16.9. The van der Waals surface area contributed by atoms with Crippen LogP contribution in [0.5, 0.6) is 11.5 Å². The molecule has 1 amide bonds. The maximum absolute atomic E-state index is 13.1. The molecule has 0 bridgehead atoms. The molecule has 178 valence electrons. The van der Waals surface area contributed by atoms with Crippen molar-refractivity contribution in [1.29, 1.82) is 0 Å². The Labute approximate surface area is 211 Å². The van der Waals surface area contributed by atoms with Crippen LogP contribution in [0.3, 0.4) is 0 Å². The monoisotopic (exact) mass is 534 g/mol. The molecule has 1 aliphatic rings. The van der Waals surface area contributed by atoms with E-state index in [2.05, 4.69) is 21.0 Å². The number of nitrogens with zero attached hydrogens (tertiary/aromatic N) is 2. The summed E-state index contributed by atoms with van der Waals surface area (Å²) in [6.45, 7) is 4.50. The minimum Gasteiger partial charge on any atom is -0.490 e. The first kappa shape index (κ1) is 24.2. The van der Waals surface area contributed by atoms with Crippen LogP contribution < -0.4 is 14.5 Å². The topological polar surface area (TPSA) is 88.4 Å². The Morgan fingerprint density at radius 2 is 1.74 bits per heavy atom. The van der Waals surface area contributed by atoms with Crippen LogP contribution in [0.1, 0.15) is 35.3 Å². The minimum absolute atomic E-state index is 0.138.